The Bertz CT molecular complexity index is 779. The van der Waals surface area contributed by atoms with Crippen LogP contribution in [0.3, 0.4) is 0 Å². The van der Waals surface area contributed by atoms with Gasteiger partial charge in [0, 0.05) is 25.3 Å². The highest BCUT2D eigenvalue weighted by atomic mass is 32.2. The van der Waals surface area contributed by atoms with Crippen molar-refractivity contribution < 1.29 is 27.5 Å². The van der Waals surface area contributed by atoms with Crippen LogP contribution < -0.4 is 10.0 Å². The Labute approximate surface area is 145 Å². The molecule has 1 atom stereocenters. The lowest BCUT2D eigenvalue weighted by molar-refractivity contribution is -0.141. The molecule has 1 unspecified atom stereocenters. The average molecular weight is 373 g/mol. The molecule has 8 nitrogen and oxygen atoms in total. The molecule has 0 aliphatic heterocycles. The molecule has 10 heteroatoms. The van der Waals surface area contributed by atoms with Gasteiger partial charge in [0.1, 0.15) is 10.7 Å². The maximum absolute atomic E-state index is 13.9. The van der Waals surface area contributed by atoms with E-state index in [-0.39, 0.29) is 18.3 Å². The Balaban J connectivity index is 2.11. The number of nitrogens with zero attached hydrogens (tertiary/aromatic N) is 1. The van der Waals surface area contributed by atoms with E-state index in [9.17, 15) is 22.4 Å². The molecule has 1 aliphatic carbocycles. The van der Waals surface area contributed by atoms with E-state index in [1.165, 1.54) is 20.0 Å². The summed E-state index contributed by atoms with van der Waals surface area (Å²) in [6.45, 7) is 1.43. The van der Waals surface area contributed by atoms with Gasteiger partial charge in [-0.15, -0.1) is 0 Å². The van der Waals surface area contributed by atoms with Crippen molar-refractivity contribution in [1.82, 2.24) is 9.62 Å². The van der Waals surface area contributed by atoms with Crippen molar-refractivity contribution in [1.29, 1.82) is 0 Å². The number of aliphatic carboxylic acids is 1. The third-order valence-corrected chi connectivity index (χ3v) is 5.22. The predicted molar refractivity (Wildman–Crippen MR) is 88.2 cm³/mol. The molecular formula is C15H20FN3O5S. The SMILES string of the molecule is CC(CN(C)C(=O)Nc1ccc(F)c(S(=O)(=O)NC2CC2)c1)C(=O)O. The van der Waals surface area contributed by atoms with Crippen LogP contribution in [0, 0.1) is 11.7 Å². The summed E-state index contributed by atoms with van der Waals surface area (Å²) in [7, 11) is -2.60. The number of hydrogen-bond acceptors (Lipinski definition) is 4. The molecule has 25 heavy (non-hydrogen) atoms. The van der Waals surface area contributed by atoms with Crippen molar-refractivity contribution in [2.45, 2.75) is 30.7 Å². The Morgan fingerprint density at radius 2 is 2.04 bits per heavy atom. The molecule has 138 valence electrons. The molecule has 1 aromatic carbocycles. The van der Waals surface area contributed by atoms with Gasteiger partial charge in [-0.2, -0.15) is 0 Å². The maximum Gasteiger partial charge on any atom is 0.321 e. The topological polar surface area (TPSA) is 116 Å². The average Bonchev–Trinajstić information content (AvgIpc) is 3.31. The van der Waals surface area contributed by atoms with E-state index in [1.54, 1.807) is 0 Å². The van der Waals surface area contributed by atoms with Gasteiger partial charge in [0.2, 0.25) is 10.0 Å². The number of halogens is 1. The van der Waals surface area contributed by atoms with Crippen LogP contribution in [0.25, 0.3) is 0 Å². The molecule has 2 amide bonds. The van der Waals surface area contributed by atoms with Gasteiger partial charge in [0.15, 0.2) is 0 Å². The summed E-state index contributed by atoms with van der Waals surface area (Å²) < 4.78 is 40.6. The molecule has 0 radical (unpaired) electrons. The van der Waals surface area contributed by atoms with Crippen LogP contribution in [-0.2, 0) is 14.8 Å². The number of hydrogen-bond donors (Lipinski definition) is 3. The molecule has 1 saturated carbocycles. The van der Waals surface area contributed by atoms with Crippen LogP contribution in [0.1, 0.15) is 19.8 Å². The van der Waals surface area contributed by atoms with Crippen molar-refractivity contribution in [3.05, 3.63) is 24.0 Å². The summed E-state index contributed by atoms with van der Waals surface area (Å²) in [5.41, 5.74) is 0.0948. The summed E-state index contributed by atoms with van der Waals surface area (Å²) in [5.74, 6) is -2.72. The molecule has 1 aliphatic rings. The summed E-state index contributed by atoms with van der Waals surface area (Å²) in [6, 6.07) is 2.42. The zero-order chi connectivity index (χ0) is 18.8. The van der Waals surface area contributed by atoms with Gasteiger partial charge in [0.25, 0.3) is 0 Å². The first kappa shape index (κ1) is 19.1. The molecule has 1 fully saturated rings. The minimum Gasteiger partial charge on any atom is -0.481 e. The predicted octanol–water partition coefficient (Wildman–Crippen LogP) is 1.45. The number of sulfonamides is 1. The third kappa shape index (κ3) is 5.13. The minimum atomic E-state index is -4.00. The van der Waals surface area contributed by atoms with Crippen LogP contribution in [0.5, 0.6) is 0 Å². The van der Waals surface area contributed by atoms with Gasteiger partial charge in [-0.25, -0.2) is 22.3 Å². The van der Waals surface area contributed by atoms with Crippen LogP contribution in [0.4, 0.5) is 14.9 Å². The number of anilines is 1. The van der Waals surface area contributed by atoms with E-state index in [1.807, 2.05) is 0 Å². The van der Waals surface area contributed by atoms with Crippen LogP contribution in [0.2, 0.25) is 0 Å². The number of carboxylic acid groups (broad SMARTS) is 1. The molecule has 0 aromatic heterocycles. The van der Waals surface area contributed by atoms with Gasteiger partial charge >= 0.3 is 12.0 Å². The van der Waals surface area contributed by atoms with Crippen LogP contribution in [-0.4, -0.2) is 50.1 Å². The number of carboxylic acids is 1. The van der Waals surface area contributed by atoms with E-state index in [0.29, 0.717) is 12.8 Å². The Hall–Kier alpha value is -2.20. The molecule has 3 N–H and O–H groups in total. The monoisotopic (exact) mass is 373 g/mol. The number of urea groups is 1. The zero-order valence-electron chi connectivity index (χ0n) is 13.8. The third-order valence-electron chi connectivity index (χ3n) is 3.69. The lowest BCUT2D eigenvalue weighted by atomic mass is 10.2. The zero-order valence-corrected chi connectivity index (χ0v) is 14.6. The summed E-state index contributed by atoms with van der Waals surface area (Å²) in [6.07, 6.45) is 1.42. The van der Waals surface area contributed by atoms with Gasteiger partial charge in [-0.1, -0.05) is 6.92 Å². The van der Waals surface area contributed by atoms with Gasteiger partial charge in [0.05, 0.1) is 5.92 Å². The number of benzene rings is 1. The molecule has 0 spiro atoms. The number of rotatable bonds is 7. The fraction of sp³-hybridized carbons (Fsp3) is 0.467. The standard InChI is InChI=1S/C15H20FN3O5S/c1-9(14(20)21)8-19(2)15(22)17-11-5-6-12(16)13(7-11)25(23,24)18-10-3-4-10/h5-7,9-10,18H,3-4,8H2,1-2H3,(H,17,22)(H,20,21). The van der Waals surface area contributed by atoms with E-state index in [4.69, 9.17) is 5.11 Å². The summed E-state index contributed by atoms with van der Waals surface area (Å²) in [4.78, 5) is 23.5. The maximum atomic E-state index is 13.9. The van der Waals surface area contributed by atoms with Crippen molar-refractivity contribution in [2.24, 2.45) is 5.92 Å². The minimum absolute atomic E-state index is 0.0310. The molecule has 0 bridgehead atoms. The molecular weight excluding hydrogens is 353 g/mol. The summed E-state index contributed by atoms with van der Waals surface area (Å²) >= 11 is 0. The molecule has 0 heterocycles. The van der Waals surface area contributed by atoms with Gasteiger partial charge < -0.3 is 15.3 Å². The van der Waals surface area contributed by atoms with Crippen molar-refractivity contribution >= 4 is 27.7 Å². The van der Waals surface area contributed by atoms with E-state index in [0.717, 1.165) is 17.0 Å². The van der Waals surface area contributed by atoms with E-state index < -0.39 is 38.7 Å². The highest BCUT2D eigenvalue weighted by molar-refractivity contribution is 7.89. The second-order valence-corrected chi connectivity index (χ2v) is 7.77. The quantitative estimate of drug-likeness (QED) is 0.669. The van der Waals surface area contributed by atoms with Crippen molar-refractivity contribution in [3.63, 3.8) is 0 Å². The Morgan fingerprint density at radius 1 is 1.40 bits per heavy atom. The van der Waals surface area contributed by atoms with Crippen molar-refractivity contribution in [2.75, 3.05) is 18.9 Å². The fourth-order valence-corrected chi connectivity index (χ4v) is 3.47. The van der Waals surface area contributed by atoms with Crippen molar-refractivity contribution in [3.8, 4) is 0 Å². The number of amides is 2. The second kappa shape index (κ2) is 7.36. The first-order valence-electron chi connectivity index (χ1n) is 7.67. The number of nitrogens with one attached hydrogen (secondary N) is 2. The highest BCUT2D eigenvalue weighted by Gasteiger charge is 2.30. The van der Waals surface area contributed by atoms with Gasteiger partial charge in [-0.05, 0) is 31.0 Å². The van der Waals surface area contributed by atoms with Crippen LogP contribution in [0.15, 0.2) is 23.1 Å². The molecule has 2 rings (SSSR count). The highest BCUT2D eigenvalue weighted by Crippen LogP contribution is 2.25. The number of carbonyl (C=O) groups excluding carboxylic acids is 1. The first-order valence-corrected chi connectivity index (χ1v) is 9.15. The lowest BCUT2D eigenvalue weighted by Crippen LogP contribution is -2.36. The van der Waals surface area contributed by atoms with Crippen LogP contribution >= 0.6 is 0 Å². The molecule has 0 saturated heterocycles. The Morgan fingerprint density at radius 3 is 2.60 bits per heavy atom. The van der Waals surface area contributed by atoms with E-state index >= 15 is 0 Å². The largest absolute Gasteiger partial charge is 0.481 e. The second-order valence-electron chi connectivity index (χ2n) is 6.09. The summed E-state index contributed by atoms with van der Waals surface area (Å²) in [5, 5.41) is 11.3. The Kier molecular flexibility index (Phi) is 5.63. The smallest absolute Gasteiger partial charge is 0.321 e. The molecule has 1 aromatic rings. The normalized spacial score (nSPS) is 15.5. The van der Waals surface area contributed by atoms with Gasteiger partial charge in [-0.3, -0.25) is 4.79 Å². The fourth-order valence-electron chi connectivity index (χ4n) is 2.06. The first-order chi connectivity index (χ1) is 11.6. The van der Waals surface area contributed by atoms with E-state index in [2.05, 4.69) is 10.0 Å². The lowest BCUT2D eigenvalue weighted by Gasteiger charge is -2.20. The number of carbonyl (C=O) groups is 2.